The van der Waals surface area contributed by atoms with Gasteiger partial charge in [0.2, 0.25) is 0 Å². The van der Waals surface area contributed by atoms with Crippen LogP contribution in [0.5, 0.6) is 17.2 Å². The van der Waals surface area contributed by atoms with E-state index in [0.29, 0.717) is 23.9 Å². The lowest BCUT2D eigenvalue weighted by Gasteiger charge is -2.26. The van der Waals surface area contributed by atoms with Crippen molar-refractivity contribution in [3.05, 3.63) is 53.6 Å². The van der Waals surface area contributed by atoms with Gasteiger partial charge in [0.05, 0.1) is 30.8 Å². The number of morpholine rings is 1. The molecule has 0 N–H and O–H groups in total. The van der Waals surface area contributed by atoms with Crippen LogP contribution in [-0.4, -0.2) is 63.2 Å². The number of rotatable bonds is 8. The Kier molecular flexibility index (Phi) is 6.94. The molecule has 1 fully saturated rings. The van der Waals surface area contributed by atoms with Gasteiger partial charge in [0.1, 0.15) is 29.8 Å². The number of ether oxygens (including phenoxy) is 4. The fourth-order valence-corrected chi connectivity index (χ4v) is 4.10. The molecule has 6 nitrogen and oxygen atoms in total. The number of nitrogens with zero attached hydrogens (tertiary/aromatic N) is 1. The first-order valence-corrected chi connectivity index (χ1v) is 10.9. The lowest BCUT2D eigenvalue weighted by Crippen LogP contribution is -2.38. The second kappa shape index (κ2) is 10.0. The Morgan fingerprint density at radius 2 is 2.00 bits per heavy atom. The number of fused-ring (bicyclic) bond motifs is 1. The standard InChI is InChI=1S/C23H25NO5S/c1-26-18-5-2-17(3-6-18)4-7-20(25)19-14-23-22(29-16-30-23)15-21(19)28-13-10-24-8-11-27-12-9-24/h2-7,14-15H,8-13,16H2,1H3/b7-4+. The van der Waals surface area contributed by atoms with Crippen LogP contribution in [0.25, 0.3) is 6.08 Å². The van der Waals surface area contributed by atoms with Gasteiger partial charge in [-0.05, 0) is 29.8 Å². The van der Waals surface area contributed by atoms with Crippen LogP contribution in [-0.2, 0) is 4.74 Å². The summed E-state index contributed by atoms with van der Waals surface area (Å²) in [7, 11) is 1.63. The summed E-state index contributed by atoms with van der Waals surface area (Å²) in [6, 6.07) is 11.3. The highest BCUT2D eigenvalue weighted by molar-refractivity contribution is 7.99. The van der Waals surface area contributed by atoms with Crippen molar-refractivity contribution in [3.8, 4) is 17.2 Å². The topological polar surface area (TPSA) is 57.2 Å². The molecule has 0 amide bonds. The molecule has 2 heterocycles. The van der Waals surface area contributed by atoms with Gasteiger partial charge in [-0.1, -0.05) is 30.0 Å². The molecule has 2 aromatic rings. The van der Waals surface area contributed by atoms with Crippen LogP contribution in [0.4, 0.5) is 0 Å². The Balaban J connectivity index is 1.47. The molecular formula is C23H25NO5S. The maximum absolute atomic E-state index is 13.0. The number of benzene rings is 2. The average Bonchev–Trinajstić information content (AvgIpc) is 3.25. The van der Waals surface area contributed by atoms with Crippen molar-refractivity contribution in [2.75, 3.05) is 52.5 Å². The SMILES string of the molecule is COc1ccc(/C=C/C(=O)c2cc3c(cc2OCCN2CCOCC2)OCS3)cc1. The summed E-state index contributed by atoms with van der Waals surface area (Å²) in [5, 5.41) is 0. The minimum Gasteiger partial charge on any atom is -0.497 e. The van der Waals surface area contributed by atoms with Crippen LogP contribution in [0.15, 0.2) is 47.4 Å². The molecule has 0 saturated carbocycles. The van der Waals surface area contributed by atoms with Gasteiger partial charge < -0.3 is 18.9 Å². The Morgan fingerprint density at radius 3 is 2.77 bits per heavy atom. The largest absolute Gasteiger partial charge is 0.497 e. The predicted molar refractivity (Wildman–Crippen MR) is 117 cm³/mol. The highest BCUT2D eigenvalue weighted by Crippen LogP contribution is 2.41. The fourth-order valence-electron chi connectivity index (χ4n) is 3.32. The molecule has 30 heavy (non-hydrogen) atoms. The molecule has 4 rings (SSSR count). The molecular weight excluding hydrogens is 402 g/mol. The Morgan fingerprint density at radius 1 is 1.20 bits per heavy atom. The maximum Gasteiger partial charge on any atom is 0.189 e. The summed E-state index contributed by atoms with van der Waals surface area (Å²) in [5.41, 5.74) is 1.48. The van der Waals surface area contributed by atoms with E-state index in [4.69, 9.17) is 18.9 Å². The van der Waals surface area contributed by atoms with Gasteiger partial charge in [-0.15, -0.1) is 0 Å². The van der Waals surface area contributed by atoms with Crippen molar-refractivity contribution in [1.82, 2.24) is 4.90 Å². The first kappa shape index (κ1) is 20.8. The lowest BCUT2D eigenvalue weighted by atomic mass is 10.1. The molecule has 7 heteroatoms. The van der Waals surface area contributed by atoms with Crippen molar-refractivity contribution in [1.29, 1.82) is 0 Å². The first-order chi connectivity index (χ1) is 14.7. The number of ketones is 1. The van der Waals surface area contributed by atoms with Gasteiger partial charge in [-0.2, -0.15) is 0 Å². The normalized spacial score (nSPS) is 16.3. The quantitative estimate of drug-likeness (QED) is 0.470. The lowest BCUT2D eigenvalue weighted by molar-refractivity contribution is 0.0322. The zero-order valence-corrected chi connectivity index (χ0v) is 17.8. The van der Waals surface area contributed by atoms with Crippen molar-refractivity contribution in [2.45, 2.75) is 4.90 Å². The third-order valence-corrected chi connectivity index (χ3v) is 5.92. The Labute approximate surface area is 180 Å². The predicted octanol–water partition coefficient (Wildman–Crippen LogP) is 3.74. The van der Waals surface area contributed by atoms with Crippen LogP contribution in [0.2, 0.25) is 0 Å². The van der Waals surface area contributed by atoms with E-state index < -0.39 is 0 Å². The number of thioether (sulfide) groups is 1. The van der Waals surface area contributed by atoms with E-state index in [0.717, 1.165) is 54.8 Å². The van der Waals surface area contributed by atoms with E-state index in [2.05, 4.69) is 4.90 Å². The van der Waals surface area contributed by atoms with Gasteiger partial charge in [0.15, 0.2) is 5.78 Å². The molecule has 0 aliphatic carbocycles. The molecule has 0 bridgehead atoms. The summed E-state index contributed by atoms with van der Waals surface area (Å²) in [4.78, 5) is 16.2. The molecule has 0 spiro atoms. The number of methoxy groups -OCH3 is 1. The number of allylic oxidation sites excluding steroid dienone is 1. The third kappa shape index (κ3) is 5.16. The summed E-state index contributed by atoms with van der Waals surface area (Å²) in [5.74, 6) is 2.58. The molecule has 158 valence electrons. The van der Waals surface area contributed by atoms with Gasteiger partial charge in [0.25, 0.3) is 0 Å². The summed E-state index contributed by atoms with van der Waals surface area (Å²) >= 11 is 1.58. The third-order valence-electron chi connectivity index (χ3n) is 5.05. The van der Waals surface area contributed by atoms with Gasteiger partial charge in [-0.3, -0.25) is 9.69 Å². The second-order valence-electron chi connectivity index (χ2n) is 6.97. The summed E-state index contributed by atoms with van der Waals surface area (Å²) in [6.45, 7) is 4.63. The second-order valence-corrected chi connectivity index (χ2v) is 7.94. The van der Waals surface area contributed by atoms with Crippen LogP contribution in [0.1, 0.15) is 15.9 Å². The van der Waals surface area contributed by atoms with Gasteiger partial charge in [0, 0.05) is 25.7 Å². The summed E-state index contributed by atoms with van der Waals surface area (Å²) in [6.07, 6.45) is 3.38. The first-order valence-electron chi connectivity index (χ1n) is 9.96. The van der Waals surface area contributed by atoms with Crippen molar-refractivity contribution >= 4 is 23.6 Å². The van der Waals surface area contributed by atoms with E-state index in [-0.39, 0.29) is 5.78 Å². The van der Waals surface area contributed by atoms with E-state index in [1.807, 2.05) is 36.4 Å². The molecule has 0 radical (unpaired) electrons. The van der Waals surface area contributed by atoms with Gasteiger partial charge >= 0.3 is 0 Å². The average molecular weight is 428 g/mol. The van der Waals surface area contributed by atoms with Crippen LogP contribution >= 0.6 is 11.8 Å². The van der Waals surface area contributed by atoms with E-state index in [1.165, 1.54) is 0 Å². The van der Waals surface area contributed by atoms with Crippen LogP contribution in [0.3, 0.4) is 0 Å². The summed E-state index contributed by atoms with van der Waals surface area (Å²) < 4.78 is 22.2. The number of carbonyl (C=O) groups excluding carboxylic acids is 1. The monoisotopic (exact) mass is 427 g/mol. The molecule has 0 unspecified atom stereocenters. The molecule has 0 aromatic heterocycles. The smallest absolute Gasteiger partial charge is 0.189 e. The minimum absolute atomic E-state index is 0.0949. The zero-order valence-electron chi connectivity index (χ0n) is 17.0. The molecule has 0 atom stereocenters. The van der Waals surface area contributed by atoms with E-state index in [1.54, 1.807) is 31.0 Å². The molecule has 1 saturated heterocycles. The van der Waals surface area contributed by atoms with Crippen molar-refractivity contribution in [2.24, 2.45) is 0 Å². The number of hydrogen-bond acceptors (Lipinski definition) is 7. The zero-order chi connectivity index (χ0) is 20.8. The fraction of sp³-hybridized carbons (Fsp3) is 0.348. The van der Waals surface area contributed by atoms with Crippen molar-refractivity contribution < 1.29 is 23.7 Å². The van der Waals surface area contributed by atoms with Crippen LogP contribution < -0.4 is 14.2 Å². The Bertz CT molecular complexity index is 907. The van der Waals surface area contributed by atoms with E-state index >= 15 is 0 Å². The molecule has 2 aliphatic heterocycles. The van der Waals surface area contributed by atoms with E-state index in [9.17, 15) is 4.79 Å². The number of hydrogen-bond donors (Lipinski definition) is 0. The minimum atomic E-state index is -0.0949. The highest BCUT2D eigenvalue weighted by atomic mass is 32.2. The van der Waals surface area contributed by atoms with Crippen molar-refractivity contribution in [3.63, 3.8) is 0 Å². The van der Waals surface area contributed by atoms with Gasteiger partial charge in [-0.25, -0.2) is 0 Å². The Hall–Kier alpha value is -2.48. The maximum atomic E-state index is 13.0. The van der Waals surface area contributed by atoms with Crippen LogP contribution in [0, 0.1) is 0 Å². The molecule has 2 aromatic carbocycles. The molecule has 2 aliphatic rings. The number of carbonyl (C=O) groups is 1. The highest BCUT2D eigenvalue weighted by Gasteiger charge is 2.21.